The standard InChI is InChI=1S/C63H118O6/c1-4-7-10-13-16-19-22-25-28-30-31-33-35-38-41-44-47-50-53-56-62(65)68-59-60(58-67-61(64)55-52-49-46-43-40-37-34-27-24-21-18-15-12-9-6-3)69-63(66)57-54-51-48-45-42-39-36-32-29-26-23-20-17-14-11-8-5-2/h26,29-31,60H,4-25,27-28,32-59H2,1-3H3/b29-26-,31-30-. The predicted octanol–water partition coefficient (Wildman–Crippen LogP) is 20.7. The Morgan fingerprint density at radius 2 is 0.478 bits per heavy atom. The number of ether oxygens (including phenoxy) is 3. The third-order valence-corrected chi connectivity index (χ3v) is 13.9. The lowest BCUT2D eigenvalue weighted by Gasteiger charge is -2.18. The summed E-state index contributed by atoms with van der Waals surface area (Å²) >= 11 is 0. The summed E-state index contributed by atoms with van der Waals surface area (Å²) in [6, 6.07) is 0. The number of allylic oxidation sites excluding steroid dienone is 4. The zero-order valence-electron chi connectivity index (χ0n) is 46.6. The first-order valence-electron chi connectivity index (χ1n) is 30.8. The molecule has 0 aromatic carbocycles. The smallest absolute Gasteiger partial charge is 0.306 e. The minimum absolute atomic E-state index is 0.0696. The number of unbranched alkanes of at least 4 members (excludes halogenated alkanes) is 42. The van der Waals surface area contributed by atoms with Gasteiger partial charge in [-0.1, -0.05) is 276 Å². The molecule has 0 aromatic rings. The Labute approximate surface area is 430 Å². The van der Waals surface area contributed by atoms with Gasteiger partial charge in [-0.05, 0) is 70.6 Å². The van der Waals surface area contributed by atoms with Gasteiger partial charge in [0.2, 0.25) is 0 Å². The molecular weight excluding hydrogens is 853 g/mol. The van der Waals surface area contributed by atoms with Crippen molar-refractivity contribution in [2.24, 2.45) is 0 Å². The maximum Gasteiger partial charge on any atom is 0.306 e. The van der Waals surface area contributed by atoms with Crippen LogP contribution in [0.25, 0.3) is 0 Å². The van der Waals surface area contributed by atoms with Gasteiger partial charge in [0, 0.05) is 19.3 Å². The molecule has 1 unspecified atom stereocenters. The molecule has 6 heteroatoms. The van der Waals surface area contributed by atoms with Crippen LogP contribution in [0, 0.1) is 0 Å². The van der Waals surface area contributed by atoms with Crippen molar-refractivity contribution < 1.29 is 28.6 Å². The van der Waals surface area contributed by atoms with E-state index in [1.54, 1.807) is 0 Å². The SMILES string of the molecule is CCCCCCCC/C=C\CCCCCCCCCC(=O)OC(COC(=O)CCCCCCCCC/C=C\CCCCCCCCCC)COC(=O)CCCCCCCCCCCCCCCCC. The molecule has 0 N–H and O–H groups in total. The summed E-state index contributed by atoms with van der Waals surface area (Å²) in [4.78, 5) is 38.2. The summed E-state index contributed by atoms with van der Waals surface area (Å²) < 4.78 is 16.9. The van der Waals surface area contributed by atoms with Gasteiger partial charge in [-0.2, -0.15) is 0 Å². The molecule has 0 saturated carbocycles. The number of carbonyl (C=O) groups excluding carboxylic acids is 3. The lowest BCUT2D eigenvalue weighted by Crippen LogP contribution is -2.30. The van der Waals surface area contributed by atoms with Crippen LogP contribution < -0.4 is 0 Å². The van der Waals surface area contributed by atoms with Gasteiger partial charge in [0.1, 0.15) is 13.2 Å². The Hall–Kier alpha value is -2.11. The summed E-state index contributed by atoms with van der Waals surface area (Å²) in [5.74, 6) is -0.855. The van der Waals surface area contributed by atoms with Gasteiger partial charge in [0.15, 0.2) is 6.10 Å². The second kappa shape index (κ2) is 58.5. The van der Waals surface area contributed by atoms with E-state index in [2.05, 4.69) is 45.1 Å². The largest absolute Gasteiger partial charge is 0.462 e. The van der Waals surface area contributed by atoms with E-state index in [4.69, 9.17) is 14.2 Å². The third-order valence-electron chi connectivity index (χ3n) is 13.9. The van der Waals surface area contributed by atoms with E-state index in [-0.39, 0.29) is 31.1 Å². The van der Waals surface area contributed by atoms with Gasteiger partial charge in [-0.3, -0.25) is 14.4 Å². The van der Waals surface area contributed by atoms with Crippen LogP contribution >= 0.6 is 0 Å². The van der Waals surface area contributed by atoms with Gasteiger partial charge in [-0.15, -0.1) is 0 Å². The number of rotatable bonds is 57. The summed E-state index contributed by atoms with van der Waals surface area (Å²) in [7, 11) is 0. The fraction of sp³-hybridized carbons (Fsp3) is 0.889. The van der Waals surface area contributed by atoms with Gasteiger partial charge >= 0.3 is 17.9 Å². The van der Waals surface area contributed by atoms with Crippen LogP contribution in [0.1, 0.15) is 342 Å². The van der Waals surface area contributed by atoms with Crippen molar-refractivity contribution in [3.63, 3.8) is 0 Å². The molecule has 0 aliphatic rings. The van der Waals surface area contributed by atoms with Gasteiger partial charge in [0.25, 0.3) is 0 Å². The van der Waals surface area contributed by atoms with E-state index in [1.807, 2.05) is 0 Å². The summed E-state index contributed by atoms with van der Waals surface area (Å²) in [5.41, 5.74) is 0. The summed E-state index contributed by atoms with van der Waals surface area (Å²) in [6.45, 7) is 6.69. The molecular formula is C63H118O6. The third kappa shape index (κ3) is 56.7. The highest BCUT2D eigenvalue weighted by molar-refractivity contribution is 5.71. The Balaban J connectivity index is 4.33. The molecule has 0 radical (unpaired) electrons. The second-order valence-electron chi connectivity index (χ2n) is 21.0. The Morgan fingerprint density at radius 1 is 0.275 bits per heavy atom. The Kier molecular flexibility index (Phi) is 56.7. The topological polar surface area (TPSA) is 78.9 Å². The number of carbonyl (C=O) groups is 3. The molecule has 0 amide bonds. The average Bonchev–Trinajstić information content (AvgIpc) is 3.35. The van der Waals surface area contributed by atoms with Gasteiger partial charge in [-0.25, -0.2) is 0 Å². The fourth-order valence-corrected chi connectivity index (χ4v) is 9.26. The van der Waals surface area contributed by atoms with E-state index >= 15 is 0 Å². The van der Waals surface area contributed by atoms with Crippen LogP contribution in [0.4, 0.5) is 0 Å². The minimum Gasteiger partial charge on any atom is -0.462 e. The minimum atomic E-state index is -0.772. The number of esters is 3. The van der Waals surface area contributed by atoms with Crippen LogP contribution in [-0.4, -0.2) is 37.2 Å². The zero-order chi connectivity index (χ0) is 50.0. The highest BCUT2D eigenvalue weighted by atomic mass is 16.6. The fourth-order valence-electron chi connectivity index (χ4n) is 9.26. The molecule has 0 rings (SSSR count). The molecule has 0 saturated heterocycles. The van der Waals surface area contributed by atoms with Crippen LogP contribution in [-0.2, 0) is 28.6 Å². The van der Waals surface area contributed by atoms with Crippen molar-refractivity contribution in [3.05, 3.63) is 24.3 Å². The number of hydrogen-bond donors (Lipinski definition) is 0. The lowest BCUT2D eigenvalue weighted by atomic mass is 10.0. The molecule has 0 fully saturated rings. The van der Waals surface area contributed by atoms with E-state index in [1.165, 1.54) is 244 Å². The average molecular weight is 972 g/mol. The van der Waals surface area contributed by atoms with Crippen LogP contribution in [0.3, 0.4) is 0 Å². The molecule has 0 aliphatic carbocycles. The molecule has 0 aromatic heterocycles. The van der Waals surface area contributed by atoms with Crippen molar-refractivity contribution in [2.75, 3.05) is 13.2 Å². The predicted molar refractivity (Wildman–Crippen MR) is 298 cm³/mol. The van der Waals surface area contributed by atoms with Crippen molar-refractivity contribution >= 4 is 17.9 Å². The van der Waals surface area contributed by atoms with E-state index in [0.717, 1.165) is 57.8 Å². The highest BCUT2D eigenvalue weighted by Crippen LogP contribution is 2.17. The van der Waals surface area contributed by atoms with E-state index in [0.29, 0.717) is 19.3 Å². The molecule has 0 spiro atoms. The van der Waals surface area contributed by atoms with Crippen LogP contribution in [0.15, 0.2) is 24.3 Å². The normalized spacial score (nSPS) is 12.1. The first-order chi connectivity index (χ1) is 34.0. The highest BCUT2D eigenvalue weighted by Gasteiger charge is 2.19. The first kappa shape index (κ1) is 66.9. The first-order valence-corrected chi connectivity index (χ1v) is 30.8. The Bertz CT molecular complexity index is 1110. The van der Waals surface area contributed by atoms with Crippen molar-refractivity contribution in [2.45, 2.75) is 348 Å². The molecule has 69 heavy (non-hydrogen) atoms. The zero-order valence-corrected chi connectivity index (χ0v) is 46.6. The lowest BCUT2D eigenvalue weighted by molar-refractivity contribution is -0.167. The van der Waals surface area contributed by atoms with Crippen molar-refractivity contribution in [1.82, 2.24) is 0 Å². The van der Waals surface area contributed by atoms with Crippen LogP contribution in [0.5, 0.6) is 0 Å². The van der Waals surface area contributed by atoms with Crippen molar-refractivity contribution in [3.8, 4) is 0 Å². The molecule has 0 heterocycles. The maximum absolute atomic E-state index is 12.9. The van der Waals surface area contributed by atoms with Crippen molar-refractivity contribution in [1.29, 1.82) is 0 Å². The quantitative estimate of drug-likeness (QED) is 0.0261. The molecule has 406 valence electrons. The molecule has 1 atom stereocenters. The summed E-state index contributed by atoms with van der Waals surface area (Å²) in [6.07, 6.45) is 68.8. The summed E-state index contributed by atoms with van der Waals surface area (Å²) in [5, 5.41) is 0. The van der Waals surface area contributed by atoms with Crippen LogP contribution in [0.2, 0.25) is 0 Å². The van der Waals surface area contributed by atoms with Gasteiger partial charge < -0.3 is 14.2 Å². The number of hydrogen-bond acceptors (Lipinski definition) is 6. The molecule has 0 bridgehead atoms. The second-order valence-corrected chi connectivity index (χ2v) is 21.0. The maximum atomic E-state index is 12.9. The van der Waals surface area contributed by atoms with E-state index < -0.39 is 6.10 Å². The Morgan fingerprint density at radius 3 is 0.725 bits per heavy atom. The van der Waals surface area contributed by atoms with Gasteiger partial charge in [0.05, 0.1) is 0 Å². The van der Waals surface area contributed by atoms with E-state index in [9.17, 15) is 14.4 Å². The monoisotopic (exact) mass is 971 g/mol. The molecule has 6 nitrogen and oxygen atoms in total. The molecule has 0 aliphatic heterocycles.